The van der Waals surface area contributed by atoms with Crippen LogP contribution in [0.1, 0.15) is 23.0 Å². The van der Waals surface area contributed by atoms with Gasteiger partial charge in [0, 0.05) is 15.0 Å². The van der Waals surface area contributed by atoms with Gasteiger partial charge in [-0.1, -0.05) is 0 Å². The number of benzene rings is 1. The zero-order chi connectivity index (χ0) is 15.0. The van der Waals surface area contributed by atoms with Gasteiger partial charge in [-0.25, -0.2) is 4.98 Å². The molecule has 3 rings (SSSR count). The second kappa shape index (κ2) is 6.56. The van der Waals surface area contributed by atoms with E-state index in [1.165, 1.54) is 12.2 Å². The van der Waals surface area contributed by atoms with Crippen molar-refractivity contribution < 1.29 is 0 Å². The van der Waals surface area contributed by atoms with E-state index in [0.717, 1.165) is 29.8 Å². The van der Waals surface area contributed by atoms with Crippen LogP contribution in [0, 0.1) is 3.57 Å². The lowest BCUT2D eigenvalue weighted by molar-refractivity contribution is 0.672. The van der Waals surface area contributed by atoms with Crippen LogP contribution in [0.25, 0.3) is 11.0 Å². The van der Waals surface area contributed by atoms with Crippen LogP contribution in [-0.2, 0) is 13.0 Å². The topological polar surface area (TPSA) is 17.8 Å². The van der Waals surface area contributed by atoms with E-state index < -0.39 is 0 Å². The Hall–Kier alpha value is -0.110. The summed E-state index contributed by atoms with van der Waals surface area (Å²) in [5.41, 5.74) is 2.19. The van der Waals surface area contributed by atoms with Gasteiger partial charge in [-0.15, -0.1) is 22.9 Å². The molecule has 1 aromatic carbocycles. The summed E-state index contributed by atoms with van der Waals surface area (Å²) in [5, 5.41) is -0.0925. The highest BCUT2D eigenvalue weighted by atomic mass is 127. The van der Waals surface area contributed by atoms with E-state index in [1.807, 2.05) is 6.92 Å². The molecule has 0 saturated heterocycles. The Morgan fingerprint density at radius 2 is 2.19 bits per heavy atom. The van der Waals surface area contributed by atoms with Crippen LogP contribution in [0.3, 0.4) is 0 Å². The third kappa shape index (κ3) is 3.46. The molecule has 6 heteroatoms. The van der Waals surface area contributed by atoms with Gasteiger partial charge >= 0.3 is 0 Å². The number of rotatable bonds is 4. The van der Waals surface area contributed by atoms with Gasteiger partial charge in [0.2, 0.25) is 0 Å². The largest absolute Gasteiger partial charge is 0.326 e. The average Bonchev–Trinajstić information content (AvgIpc) is 2.99. The molecule has 3 aromatic rings. The molecule has 0 aliphatic rings. The number of hydrogen-bond acceptors (Lipinski definition) is 2. The number of thiophene rings is 1. The molecule has 0 bridgehead atoms. The van der Waals surface area contributed by atoms with Crippen molar-refractivity contribution in [1.82, 2.24) is 9.55 Å². The predicted octanol–water partition coefficient (Wildman–Crippen LogP) is 6.01. The first kappa shape index (κ1) is 15.8. The van der Waals surface area contributed by atoms with E-state index >= 15 is 0 Å². The standard InChI is InChI=1S/C15H13BrClIN2S/c1-9(17)15-19-12-8-10(18)2-4-13(12)20(15)7-6-11-3-5-14(16)21-11/h2-5,8-9H,6-7H2,1H3. The molecule has 2 aromatic heterocycles. The van der Waals surface area contributed by atoms with Crippen molar-refractivity contribution in [3.05, 3.63) is 48.4 Å². The maximum absolute atomic E-state index is 6.32. The van der Waals surface area contributed by atoms with E-state index in [-0.39, 0.29) is 5.38 Å². The first-order valence-corrected chi connectivity index (χ1v) is 9.71. The minimum atomic E-state index is -0.0925. The van der Waals surface area contributed by atoms with Crippen molar-refractivity contribution in [2.24, 2.45) is 0 Å². The van der Waals surface area contributed by atoms with Crippen LogP contribution in [0.15, 0.2) is 34.1 Å². The van der Waals surface area contributed by atoms with Gasteiger partial charge in [-0.2, -0.15) is 0 Å². The van der Waals surface area contributed by atoms with Gasteiger partial charge in [-0.05, 0) is 82.2 Å². The predicted molar refractivity (Wildman–Crippen MR) is 102 cm³/mol. The first-order valence-electron chi connectivity index (χ1n) is 6.58. The molecule has 0 N–H and O–H groups in total. The normalized spacial score (nSPS) is 13.0. The number of imidazole rings is 1. The molecule has 0 radical (unpaired) electrons. The van der Waals surface area contributed by atoms with Crippen molar-refractivity contribution in [3.8, 4) is 0 Å². The van der Waals surface area contributed by atoms with Crippen LogP contribution in [0.4, 0.5) is 0 Å². The van der Waals surface area contributed by atoms with Crippen molar-refractivity contribution in [2.75, 3.05) is 0 Å². The third-order valence-electron chi connectivity index (χ3n) is 3.31. The highest BCUT2D eigenvalue weighted by Crippen LogP contribution is 2.27. The highest BCUT2D eigenvalue weighted by Gasteiger charge is 2.15. The van der Waals surface area contributed by atoms with Gasteiger partial charge in [-0.3, -0.25) is 0 Å². The van der Waals surface area contributed by atoms with E-state index in [4.69, 9.17) is 16.6 Å². The Balaban J connectivity index is 1.97. The molecule has 2 heterocycles. The zero-order valence-corrected chi connectivity index (χ0v) is 16.6. The summed E-state index contributed by atoms with van der Waals surface area (Å²) in [6.07, 6.45) is 0.990. The van der Waals surface area contributed by atoms with Crippen LogP contribution >= 0.6 is 61.5 Å². The Morgan fingerprint density at radius 3 is 2.86 bits per heavy atom. The molecule has 0 saturated carbocycles. The molecule has 0 spiro atoms. The average molecular weight is 496 g/mol. The molecule has 0 amide bonds. The second-order valence-corrected chi connectivity index (χ2v) is 9.27. The smallest absolute Gasteiger partial charge is 0.127 e. The molecule has 110 valence electrons. The third-order valence-corrected chi connectivity index (χ3v) is 5.86. The summed E-state index contributed by atoms with van der Waals surface area (Å²) < 4.78 is 4.62. The summed E-state index contributed by atoms with van der Waals surface area (Å²) in [4.78, 5) is 6.07. The van der Waals surface area contributed by atoms with Gasteiger partial charge in [0.25, 0.3) is 0 Å². The second-order valence-electron chi connectivity index (χ2n) is 4.83. The van der Waals surface area contributed by atoms with Gasteiger partial charge in [0.05, 0.1) is 20.2 Å². The Bertz CT molecular complexity index is 781. The fourth-order valence-electron chi connectivity index (χ4n) is 2.37. The molecule has 2 nitrogen and oxygen atoms in total. The number of halogens is 3. The summed E-state index contributed by atoms with van der Waals surface area (Å²) in [6, 6.07) is 10.6. The van der Waals surface area contributed by atoms with Gasteiger partial charge in [0.15, 0.2) is 0 Å². The molecular formula is C15H13BrClIN2S. The number of hydrogen-bond donors (Lipinski definition) is 0. The quantitative estimate of drug-likeness (QED) is 0.320. The molecule has 1 unspecified atom stereocenters. The van der Waals surface area contributed by atoms with Gasteiger partial charge in [0.1, 0.15) is 5.82 Å². The van der Waals surface area contributed by atoms with Crippen LogP contribution < -0.4 is 0 Å². The number of fused-ring (bicyclic) bond motifs is 1. The molecule has 0 fully saturated rings. The van der Waals surface area contributed by atoms with Crippen molar-refractivity contribution in [2.45, 2.75) is 25.3 Å². The summed E-state index contributed by atoms with van der Waals surface area (Å²) in [5.74, 6) is 0.948. The lowest BCUT2D eigenvalue weighted by atomic mass is 10.3. The molecule has 0 aliphatic heterocycles. The maximum atomic E-state index is 6.32. The Labute approximate surface area is 154 Å². The monoisotopic (exact) mass is 494 g/mol. The zero-order valence-electron chi connectivity index (χ0n) is 11.3. The Kier molecular flexibility index (Phi) is 4.93. The number of aryl methyl sites for hydroxylation is 2. The fourth-order valence-corrected chi connectivity index (χ4v) is 4.48. The van der Waals surface area contributed by atoms with Crippen LogP contribution in [0.5, 0.6) is 0 Å². The summed E-state index contributed by atoms with van der Waals surface area (Å²) in [7, 11) is 0. The lowest BCUT2D eigenvalue weighted by Gasteiger charge is -2.09. The maximum Gasteiger partial charge on any atom is 0.127 e. The lowest BCUT2D eigenvalue weighted by Crippen LogP contribution is -2.06. The molecule has 0 aliphatic carbocycles. The van der Waals surface area contributed by atoms with Crippen LogP contribution in [0.2, 0.25) is 0 Å². The van der Waals surface area contributed by atoms with Gasteiger partial charge < -0.3 is 4.57 Å². The van der Waals surface area contributed by atoms with Crippen molar-refractivity contribution >= 4 is 72.5 Å². The number of nitrogens with zero attached hydrogens (tertiary/aromatic N) is 2. The van der Waals surface area contributed by atoms with E-state index in [0.29, 0.717) is 0 Å². The first-order chi connectivity index (χ1) is 10.0. The molecule has 21 heavy (non-hydrogen) atoms. The Morgan fingerprint density at radius 1 is 1.38 bits per heavy atom. The number of alkyl halides is 1. The fraction of sp³-hybridized carbons (Fsp3) is 0.267. The van der Waals surface area contributed by atoms with E-state index in [9.17, 15) is 0 Å². The van der Waals surface area contributed by atoms with E-state index in [2.05, 4.69) is 73.4 Å². The number of aromatic nitrogens is 2. The van der Waals surface area contributed by atoms with Crippen molar-refractivity contribution in [1.29, 1.82) is 0 Å². The minimum absolute atomic E-state index is 0.0925. The molecular weight excluding hydrogens is 483 g/mol. The van der Waals surface area contributed by atoms with Crippen LogP contribution in [-0.4, -0.2) is 9.55 Å². The minimum Gasteiger partial charge on any atom is -0.326 e. The highest BCUT2D eigenvalue weighted by molar-refractivity contribution is 14.1. The summed E-state index contributed by atoms with van der Waals surface area (Å²) >= 11 is 13.9. The molecule has 1 atom stereocenters. The SMILES string of the molecule is CC(Cl)c1nc2cc(I)ccc2n1CCc1ccc(Br)s1. The van der Waals surface area contributed by atoms with E-state index in [1.54, 1.807) is 11.3 Å². The summed E-state index contributed by atoms with van der Waals surface area (Å²) in [6.45, 7) is 2.88. The van der Waals surface area contributed by atoms with Crippen molar-refractivity contribution in [3.63, 3.8) is 0 Å².